The van der Waals surface area contributed by atoms with Gasteiger partial charge in [-0.1, -0.05) is 35.9 Å². The van der Waals surface area contributed by atoms with Gasteiger partial charge in [-0.2, -0.15) is 0 Å². The van der Waals surface area contributed by atoms with Gasteiger partial charge in [-0.05, 0) is 48.9 Å². The molecule has 0 saturated carbocycles. The lowest BCUT2D eigenvalue weighted by Gasteiger charge is -2.22. The fraction of sp³-hybridized carbons (Fsp3) is 0.0909. The molecule has 0 fully saturated rings. The van der Waals surface area contributed by atoms with Crippen LogP contribution in [0.15, 0.2) is 73.1 Å². The van der Waals surface area contributed by atoms with E-state index in [1.165, 1.54) is 0 Å². The second-order valence-electron chi connectivity index (χ2n) is 6.40. The summed E-state index contributed by atoms with van der Waals surface area (Å²) in [6.07, 6.45) is 3.52. The maximum Gasteiger partial charge on any atom is 0.147 e. The van der Waals surface area contributed by atoms with Crippen molar-refractivity contribution in [1.29, 1.82) is 0 Å². The molecule has 5 heteroatoms. The number of aromatic nitrogens is 2. The molecular weight excluding hydrogens is 358 g/mol. The molecule has 2 aromatic carbocycles. The minimum Gasteiger partial charge on any atom is -0.505 e. The summed E-state index contributed by atoms with van der Waals surface area (Å²) >= 11 is 6.00. The number of anilines is 1. The lowest BCUT2D eigenvalue weighted by molar-refractivity contribution is 0.471. The Labute approximate surface area is 162 Å². The van der Waals surface area contributed by atoms with Crippen molar-refractivity contribution in [1.82, 2.24) is 9.97 Å². The van der Waals surface area contributed by atoms with Crippen LogP contribution in [-0.2, 0) is 0 Å². The van der Waals surface area contributed by atoms with E-state index in [4.69, 9.17) is 11.6 Å². The van der Waals surface area contributed by atoms with E-state index in [2.05, 4.69) is 15.3 Å². The maximum atomic E-state index is 11.0. The SMILES string of the molecule is Cc1ccc2ccc(C(Nc3ccc(Cl)cc3)c3cccnc3)c(O)c2n1. The molecule has 0 saturated heterocycles. The van der Waals surface area contributed by atoms with Gasteiger partial charge in [-0.3, -0.25) is 4.98 Å². The van der Waals surface area contributed by atoms with Gasteiger partial charge in [0, 0.05) is 39.7 Å². The van der Waals surface area contributed by atoms with Crippen molar-refractivity contribution in [3.05, 3.63) is 94.9 Å². The fourth-order valence-electron chi connectivity index (χ4n) is 3.12. The predicted molar refractivity (Wildman–Crippen MR) is 109 cm³/mol. The van der Waals surface area contributed by atoms with Crippen molar-refractivity contribution in [2.24, 2.45) is 0 Å². The minimum absolute atomic E-state index is 0.173. The summed E-state index contributed by atoms with van der Waals surface area (Å²) in [4.78, 5) is 8.75. The first-order valence-corrected chi connectivity index (χ1v) is 9.01. The summed E-state index contributed by atoms with van der Waals surface area (Å²) in [6.45, 7) is 1.91. The predicted octanol–water partition coefficient (Wildman–Crippen LogP) is 5.50. The van der Waals surface area contributed by atoms with Crippen LogP contribution in [0.3, 0.4) is 0 Å². The zero-order chi connectivity index (χ0) is 18.8. The molecule has 0 radical (unpaired) electrons. The molecule has 0 spiro atoms. The first kappa shape index (κ1) is 17.3. The number of hydrogen-bond donors (Lipinski definition) is 2. The molecule has 27 heavy (non-hydrogen) atoms. The Hall–Kier alpha value is -3.11. The van der Waals surface area contributed by atoms with E-state index in [1.54, 1.807) is 12.4 Å². The molecule has 4 rings (SSSR count). The van der Waals surface area contributed by atoms with Gasteiger partial charge >= 0.3 is 0 Å². The molecule has 134 valence electrons. The van der Waals surface area contributed by atoms with Crippen LogP contribution in [-0.4, -0.2) is 15.1 Å². The molecular formula is C22H18ClN3O. The highest BCUT2D eigenvalue weighted by molar-refractivity contribution is 6.30. The monoisotopic (exact) mass is 375 g/mol. The Morgan fingerprint density at radius 3 is 2.52 bits per heavy atom. The van der Waals surface area contributed by atoms with E-state index in [0.29, 0.717) is 10.5 Å². The average Bonchev–Trinajstić information content (AvgIpc) is 2.69. The third kappa shape index (κ3) is 3.57. The van der Waals surface area contributed by atoms with Crippen LogP contribution < -0.4 is 5.32 Å². The quantitative estimate of drug-likeness (QED) is 0.494. The fourth-order valence-corrected chi connectivity index (χ4v) is 3.25. The molecule has 2 heterocycles. The topological polar surface area (TPSA) is 58.0 Å². The molecule has 1 unspecified atom stereocenters. The standard InChI is InChI=1S/C22H18ClN3O/c1-14-4-5-15-6-11-19(22(27)21(15)25-14)20(16-3-2-12-24-13-16)26-18-9-7-17(23)8-10-18/h2-13,20,26-27H,1H3. The summed E-state index contributed by atoms with van der Waals surface area (Å²) in [5.41, 5.74) is 4.03. The molecule has 2 N–H and O–H groups in total. The Morgan fingerprint density at radius 2 is 1.78 bits per heavy atom. The van der Waals surface area contributed by atoms with Crippen molar-refractivity contribution in [2.75, 3.05) is 5.32 Å². The number of rotatable bonds is 4. The highest BCUT2D eigenvalue weighted by atomic mass is 35.5. The van der Waals surface area contributed by atoms with Crippen LogP contribution >= 0.6 is 11.6 Å². The minimum atomic E-state index is -0.286. The number of aromatic hydroxyl groups is 1. The molecule has 4 nitrogen and oxygen atoms in total. The van der Waals surface area contributed by atoms with Crippen molar-refractivity contribution >= 4 is 28.2 Å². The number of phenolic OH excluding ortho intramolecular Hbond substituents is 1. The van der Waals surface area contributed by atoms with E-state index >= 15 is 0 Å². The molecule has 0 aliphatic rings. The molecule has 0 aliphatic carbocycles. The summed E-state index contributed by atoms with van der Waals surface area (Å²) < 4.78 is 0. The largest absolute Gasteiger partial charge is 0.505 e. The van der Waals surface area contributed by atoms with Crippen LogP contribution in [0.2, 0.25) is 5.02 Å². The highest BCUT2D eigenvalue weighted by Crippen LogP contribution is 2.36. The number of nitrogens with one attached hydrogen (secondary N) is 1. The van der Waals surface area contributed by atoms with E-state index in [1.807, 2.05) is 67.6 Å². The van der Waals surface area contributed by atoms with Crippen LogP contribution in [0.5, 0.6) is 5.75 Å². The zero-order valence-electron chi connectivity index (χ0n) is 14.7. The summed E-state index contributed by atoms with van der Waals surface area (Å²) in [5, 5.41) is 16.0. The number of hydrogen-bond acceptors (Lipinski definition) is 4. The first-order valence-electron chi connectivity index (χ1n) is 8.63. The Bertz CT molecular complexity index is 1080. The number of halogens is 1. The van der Waals surface area contributed by atoms with Gasteiger partial charge in [0.1, 0.15) is 11.3 Å². The second-order valence-corrected chi connectivity index (χ2v) is 6.83. The van der Waals surface area contributed by atoms with Gasteiger partial charge in [-0.15, -0.1) is 0 Å². The van der Waals surface area contributed by atoms with Gasteiger partial charge in [0.25, 0.3) is 0 Å². The number of pyridine rings is 2. The van der Waals surface area contributed by atoms with E-state index in [0.717, 1.165) is 27.9 Å². The van der Waals surface area contributed by atoms with E-state index < -0.39 is 0 Å². The van der Waals surface area contributed by atoms with E-state index in [9.17, 15) is 5.11 Å². The van der Waals surface area contributed by atoms with Crippen LogP contribution in [0.25, 0.3) is 10.9 Å². The molecule has 2 aromatic heterocycles. The van der Waals surface area contributed by atoms with Gasteiger partial charge in [0.05, 0.1) is 6.04 Å². The number of nitrogens with zero attached hydrogens (tertiary/aromatic N) is 2. The third-order valence-corrected chi connectivity index (χ3v) is 4.74. The van der Waals surface area contributed by atoms with Crippen LogP contribution in [0, 0.1) is 6.92 Å². The molecule has 4 aromatic rings. The first-order chi connectivity index (χ1) is 13.1. The highest BCUT2D eigenvalue weighted by Gasteiger charge is 2.20. The number of benzene rings is 2. The van der Waals surface area contributed by atoms with E-state index in [-0.39, 0.29) is 11.8 Å². The lowest BCUT2D eigenvalue weighted by Crippen LogP contribution is -2.13. The van der Waals surface area contributed by atoms with Gasteiger partial charge in [-0.25, -0.2) is 4.98 Å². The Kier molecular flexibility index (Phi) is 4.65. The summed E-state index contributed by atoms with van der Waals surface area (Å²) in [6, 6.07) is 18.9. The van der Waals surface area contributed by atoms with Crippen LogP contribution in [0.1, 0.15) is 22.9 Å². The Morgan fingerprint density at radius 1 is 1.00 bits per heavy atom. The normalized spacial score (nSPS) is 12.1. The zero-order valence-corrected chi connectivity index (χ0v) is 15.5. The molecule has 0 amide bonds. The average molecular weight is 376 g/mol. The summed E-state index contributed by atoms with van der Waals surface area (Å²) in [7, 11) is 0. The molecule has 0 aliphatic heterocycles. The Balaban J connectivity index is 1.84. The van der Waals surface area contributed by atoms with Crippen LogP contribution in [0.4, 0.5) is 5.69 Å². The van der Waals surface area contributed by atoms with Crippen molar-refractivity contribution in [3.63, 3.8) is 0 Å². The van der Waals surface area contributed by atoms with Gasteiger partial charge in [0.15, 0.2) is 0 Å². The van der Waals surface area contributed by atoms with Gasteiger partial charge < -0.3 is 10.4 Å². The molecule has 0 bridgehead atoms. The molecule has 1 atom stereocenters. The second kappa shape index (κ2) is 7.25. The summed E-state index contributed by atoms with van der Waals surface area (Å²) in [5.74, 6) is 0.173. The third-order valence-electron chi connectivity index (χ3n) is 4.49. The van der Waals surface area contributed by atoms with Crippen molar-refractivity contribution in [3.8, 4) is 5.75 Å². The number of fused-ring (bicyclic) bond motifs is 1. The van der Waals surface area contributed by atoms with Crippen molar-refractivity contribution < 1.29 is 5.11 Å². The number of aryl methyl sites for hydroxylation is 1. The number of phenols is 1. The smallest absolute Gasteiger partial charge is 0.147 e. The van der Waals surface area contributed by atoms with Gasteiger partial charge in [0.2, 0.25) is 0 Å². The van der Waals surface area contributed by atoms with Crippen molar-refractivity contribution in [2.45, 2.75) is 13.0 Å². The maximum absolute atomic E-state index is 11.0. The lowest BCUT2D eigenvalue weighted by atomic mass is 9.97.